The summed E-state index contributed by atoms with van der Waals surface area (Å²) < 4.78 is 5.89. The van der Waals surface area contributed by atoms with Gasteiger partial charge >= 0.3 is 0 Å². The van der Waals surface area contributed by atoms with Gasteiger partial charge in [0.15, 0.2) is 0 Å². The molecule has 134 valence electrons. The van der Waals surface area contributed by atoms with Gasteiger partial charge < -0.3 is 10.5 Å². The van der Waals surface area contributed by atoms with Crippen molar-refractivity contribution in [2.75, 3.05) is 0 Å². The van der Waals surface area contributed by atoms with Crippen LogP contribution >= 0.6 is 23.2 Å². The Bertz CT molecular complexity index is 1060. The monoisotopic (exact) mass is 394 g/mol. The van der Waals surface area contributed by atoms with Crippen LogP contribution in [0.25, 0.3) is 6.08 Å². The van der Waals surface area contributed by atoms with Crippen molar-refractivity contribution in [3.05, 3.63) is 98.1 Å². The summed E-state index contributed by atoms with van der Waals surface area (Å²) in [4.78, 5) is 0. The standard InChI is InChI=1S/C22H16Cl2N2O/c23-18-7-3-1-5-13(18)11-14-9-10-16-20(15-6-2-4-8-19(15)24)17(12-25)22(26)27-21(14)16/h1-8,11,20H,9-10,26H2/b14-11-/t20-/m1/s1. The molecule has 0 unspecified atom stereocenters. The predicted octanol–water partition coefficient (Wildman–Crippen LogP) is 5.93. The van der Waals surface area contributed by atoms with E-state index in [1.807, 2.05) is 54.6 Å². The number of nitrogens with two attached hydrogens (primary N) is 1. The second-order valence-corrected chi connectivity index (χ2v) is 7.31. The molecule has 2 aliphatic rings. The van der Waals surface area contributed by atoms with Gasteiger partial charge in [-0.1, -0.05) is 59.6 Å². The lowest BCUT2D eigenvalue weighted by molar-refractivity contribution is 0.292. The van der Waals surface area contributed by atoms with Crippen LogP contribution < -0.4 is 5.73 Å². The summed E-state index contributed by atoms with van der Waals surface area (Å²) >= 11 is 12.7. The molecule has 3 nitrogen and oxygen atoms in total. The van der Waals surface area contributed by atoms with Crippen LogP contribution in [0.4, 0.5) is 0 Å². The second-order valence-electron chi connectivity index (χ2n) is 6.49. The zero-order chi connectivity index (χ0) is 19.0. The molecule has 0 saturated carbocycles. The number of rotatable bonds is 2. The molecule has 1 aliphatic carbocycles. The van der Waals surface area contributed by atoms with Crippen LogP contribution in [0, 0.1) is 11.3 Å². The van der Waals surface area contributed by atoms with E-state index in [1.54, 1.807) is 0 Å². The molecule has 0 amide bonds. The average molecular weight is 395 g/mol. The summed E-state index contributed by atoms with van der Waals surface area (Å²) in [5.74, 6) is 0.578. The molecule has 0 aromatic heterocycles. The highest BCUT2D eigenvalue weighted by Gasteiger charge is 2.37. The Morgan fingerprint density at radius 3 is 2.44 bits per heavy atom. The lowest BCUT2D eigenvalue weighted by Crippen LogP contribution is -2.19. The van der Waals surface area contributed by atoms with Crippen LogP contribution in [0.2, 0.25) is 10.0 Å². The quantitative estimate of drug-likeness (QED) is 0.685. The summed E-state index contributed by atoms with van der Waals surface area (Å²) in [7, 11) is 0. The maximum Gasteiger partial charge on any atom is 0.205 e. The van der Waals surface area contributed by atoms with Gasteiger partial charge in [-0.25, -0.2) is 0 Å². The maximum absolute atomic E-state index is 9.68. The number of benzene rings is 2. The minimum atomic E-state index is -0.287. The van der Waals surface area contributed by atoms with Gasteiger partial charge in [0.1, 0.15) is 17.4 Å². The molecular formula is C22H16Cl2N2O. The molecule has 0 radical (unpaired) electrons. The first-order valence-electron chi connectivity index (χ1n) is 8.60. The predicted molar refractivity (Wildman–Crippen MR) is 108 cm³/mol. The fourth-order valence-corrected chi connectivity index (χ4v) is 4.12. The minimum Gasteiger partial charge on any atom is -0.440 e. The Morgan fingerprint density at radius 1 is 1.04 bits per heavy atom. The van der Waals surface area contributed by atoms with Crippen LogP contribution in [0.5, 0.6) is 0 Å². The largest absolute Gasteiger partial charge is 0.440 e. The van der Waals surface area contributed by atoms with Crippen LogP contribution in [0.3, 0.4) is 0 Å². The molecule has 1 atom stereocenters. The normalized spacial score (nSPS) is 20.5. The molecular weight excluding hydrogens is 379 g/mol. The fraction of sp³-hybridized carbons (Fsp3) is 0.136. The smallest absolute Gasteiger partial charge is 0.205 e. The van der Waals surface area contributed by atoms with Gasteiger partial charge in [0.2, 0.25) is 5.88 Å². The molecule has 5 heteroatoms. The summed E-state index contributed by atoms with van der Waals surface area (Å²) in [6.45, 7) is 0. The van der Waals surface area contributed by atoms with Crippen LogP contribution in [-0.2, 0) is 4.74 Å². The third kappa shape index (κ3) is 3.12. The summed E-state index contributed by atoms with van der Waals surface area (Å²) in [6.07, 6.45) is 3.60. The molecule has 0 fully saturated rings. The average Bonchev–Trinajstić information content (AvgIpc) is 3.05. The molecule has 4 rings (SSSR count). The van der Waals surface area contributed by atoms with E-state index in [0.29, 0.717) is 15.6 Å². The van der Waals surface area contributed by atoms with Gasteiger partial charge in [0.05, 0.1) is 5.92 Å². The number of ether oxygens (including phenoxy) is 1. The zero-order valence-electron chi connectivity index (χ0n) is 14.4. The molecule has 0 spiro atoms. The van der Waals surface area contributed by atoms with Crippen LogP contribution in [0.15, 0.2) is 76.9 Å². The highest BCUT2D eigenvalue weighted by Crippen LogP contribution is 2.49. The number of nitriles is 1. The third-order valence-corrected chi connectivity index (χ3v) is 5.62. The topological polar surface area (TPSA) is 59.0 Å². The number of hydrogen-bond donors (Lipinski definition) is 1. The van der Waals surface area contributed by atoms with Gasteiger partial charge in [-0.05, 0) is 53.3 Å². The van der Waals surface area contributed by atoms with Crippen molar-refractivity contribution in [1.29, 1.82) is 5.26 Å². The van der Waals surface area contributed by atoms with Gasteiger partial charge in [0, 0.05) is 10.0 Å². The number of hydrogen-bond acceptors (Lipinski definition) is 3. The Labute approximate surface area is 168 Å². The molecule has 27 heavy (non-hydrogen) atoms. The van der Waals surface area contributed by atoms with E-state index >= 15 is 0 Å². The molecule has 2 N–H and O–H groups in total. The van der Waals surface area contributed by atoms with Crippen LogP contribution in [-0.4, -0.2) is 0 Å². The second kappa shape index (κ2) is 7.15. The lowest BCUT2D eigenvalue weighted by atomic mass is 9.83. The molecule has 2 aromatic rings. The summed E-state index contributed by atoms with van der Waals surface area (Å²) in [6, 6.07) is 17.4. The zero-order valence-corrected chi connectivity index (χ0v) is 15.9. The molecule has 1 aliphatic heterocycles. The SMILES string of the molecule is N#CC1=C(N)OC2=C(CC/C2=C/c2ccccc2Cl)[C@H]1c1ccccc1Cl. The van der Waals surface area contributed by atoms with E-state index in [1.165, 1.54) is 0 Å². The first-order chi connectivity index (χ1) is 13.1. The van der Waals surface area contributed by atoms with Crippen molar-refractivity contribution in [1.82, 2.24) is 0 Å². The Hall–Kier alpha value is -2.67. The minimum absolute atomic E-state index is 0.133. The fourth-order valence-electron chi connectivity index (χ4n) is 3.68. The summed E-state index contributed by atoms with van der Waals surface area (Å²) in [5.41, 5.74) is 10.4. The van der Waals surface area contributed by atoms with Crippen molar-refractivity contribution < 1.29 is 4.74 Å². The van der Waals surface area contributed by atoms with Gasteiger partial charge in [-0.3, -0.25) is 0 Å². The number of halogens is 2. The Morgan fingerprint density at radius 2 is 1.74 bits per heavy atom. The number of nitrogens with zero attached hydrogens (tertiary/aromatic N) is 1. The molecule has 1 heterocycles. The lowest BCUT2D eigenvalue weighted by Gasteiger charge is -2.26. The van der Waals surface area contributed by atoms with Gasteiger partial charge in [-0.15, -0.1) is 0 Å². The van der Waals surface area contributed by atoms with Crippen molar-refractivity contribution in [3.63, 3.8) is 0 Å². The molecule has 0 saturated heterocycles. The highest BCUT2D eigenvalue weighted by molar-refractivity contribution is 6.32. The highest BCUT2D eigenvalue weighted by atomic mass is 35.5. The summed E-state index contributed by atoms with van der Waals surface area (Å²) in [5, 5.41) is 11.0. The van der Waals surface area contributed by atoms with Crippen molar-refractivity contribution >= 4 is 29.3 Å². The van der Waals surface area contributed by atoms with Crippen LogP contribution in [0.1, 0.15) is 29.9 Å². The first-order valence-corrected chi connectivity index (χ1v) is 9.36. The van der Waals surface area contributed by atoms with Crippen molar-refractivity contribution in [2.24, 2.45) is 5.73 Å². The molecule has 0 bridgehead atoms. The van der Waals surface area contributed by atoms with E-state index < -0.39 is 0 Å². The Kier molecular flexibility index (Phi) is 4.70. The van der Waals surface area contributed by atoms with E-state index in [2.05, 4.69) is 6.07 Å². The van der Waals surface area contributed by atoms with Gasteiger partial charge in [0.25, 0.3) is 0 Å². The first kappa shape index (κ1) is 17.7. The third-order valence-electron chi connectivity index (χ3n) is 4.93. The van der Waals surface area contributed by atoms with Gasteiger partial charge in [-0.2, -0.15) is 5.26 Å². The van der Waals surface area contributed by atoms with E-state index in [9.17, 15) is 5.26 Å². The van der Waals surface area contributed by atoms with Crippen molar-refractivity contribution in [3.8, 4) is 6.07 Å². The molecule has 2 aromatic carbocycles. The number of allylic oxidation sites excluding steroid dienone is 3. The van der Waals surface area contributed by atoms with E-state index in [4.69, 9.17) is 33.7 Å². The Balaban J connectivity index is 1.84. The maximum atomic E-state index is 9.68. The van der Waals surface area contributed by atoms with E-state index in [-0.39, 0.29) is 11.8 Å². The van der Waals surface area contributed by atoms with Crippen molar-refractivity contribution in [2.45, 2.75) is 18.8 Å². The van der Waals surface area contributed by atoms with E-state index in [0.717, 1.165) is 40.9 Å².